The first-order valence-electron chi connectivity index (χ1n) is 10.7. The van der Waals surface area contributed by atoms with Crippen molar-refractivity contribution in [1.29, 1.82) is 0 Å². The molecule has 1 heterocycles. The van der Waals surface area contributed by atoms with Crippen LogP contribution in [-0.4, -0.2) is 60.1 Å². The molecule has 9 nitrogen and oxygen atoms in total. The van der Waals surface area contributed by atoms with Crippen molar-refractivity contribution < 1.29 is 37.4 Å². The minimum atomic E-state index is -4.57. The van der Waals surface area contributed by atoms with Crippen LogP contribution in [0.15, 0.2) is 47.6 Å². The van der Waals surface area contributed by atoms with Gasteiger partial charge in [-0.25, -0.2) is 0 Å². The van der Waals surface area contributed by atoms with Crippen molar-refractivity contribution in [2.45, 2.75) is 31.3 Å². The third-order valence-corrected chi connectivity index (χ3v) is 5.58. The topological polar surface area (TPSA) is 126 Å². The van der Waals surface area contributed by atoms with Crippen molar-refractivity contribution in [3.05, 3.63) is 64.2 Å². The summed E-state index contributed by atoms with van der Waals surface area (Å²) in [7, 11) is 1.38. The van der Waals surface area contributed by atoms with Crippen LogP contribution in [-0.2, 0) is 21.0 Å². The number of carbonyl (C=O) groups is 2. The van der Waals surface area contributed by atoms with Crippen molar-refractivity contribution in [3.8, 4) is 5.75 Å². The maximum atomic E-state index is 12.8. The molecule has 1 aliphatic heterocycles. The smallest absolute Gasteiger partial charge is 0.422 e. The van der Waals surface area contributed by atoms with Crippen molar-refractivity contribution in [2.75, 3.05) is 20.3 Å². The molecule has 1 fully saturated rings. The van der Waals surface area contributed by atoms with Gasteiger partial charge in [0.25, 0.3) is 5.91 Å². The number of hydrogen-bond acceptors (Lipinski definition) is 6. The Morgan fingerprint density at radius 3 is 2.56 bits per heavy atom. The summed E-state index contributed by atoms with van der Waals surface area (Å²) in [6, 6.07) is 9.61. The van der Waals surface area contributed by atoms with Crippen molar-refractivity contribution in [2.24, 2.45) is 10.9 Å². The third-order valence-electron chi connectivity index (χ3n) is 5.36. The van der Waals surface area contributed by atoms with Gasteiger partial charge in [-0.05, 0) is 35.7 Å². The number of nitrogens with one attached hydrogen (secondary N) is 1. The molecule has 4 N–H and O–H groups in total. The fourth-order valence-electron chi connectivity index (χ4n) is 3.47. The summed E-state index contributed by atoms with van der Waals surface area (Å²) in [5, 5.41) is 16.9. The maximum Gasteiger partial charge on any atom is 0.422 e. The first-order valence-corrected chi connectivity index (χ1v) is 11.1. The van der Waals surface area contributed by atoms with E-state index < -0.39 is 36.7 Å². The van der Waals surface area contributed by atoms with Crippen LogP contribution in [0, 0.1) is 0 Å². The molecule has 0 spiro atoms. The van der Waals surface area contributed by atoms with Crippen LogP contribution < -0.4 is 15.8 Å². The molecule has 2 aromatic carbocycles. The largest absolute Gasteiger partial charge is 0.484 e. The Labute approximate surface area is 209 Å². The lowest BCUT2D eigenvalue weighted by Gasteiger charge is -2.40. The summed E-state index contributed by atoms with van der Waals surface area (Å²) in [4.78, 5) is 31.3. The highest BCUT2D eigenvalue weighted by molar-refractivity contribution is 6.30. The fraction of sp³-hybridized carbons (Fsp3) is 0.348. The molecular formula is C23H24ClF3N4O5. The van der Waals surface area contributed by atoms with Gasteiger partial charge in [0.2, 0.25) is 5.91 Å². The van der Waals surface area contributed by atoms with Gasteiger partial charge >= 0.3 is 6.18 Å². The number of carbonyl (C=O) groups excluding carboxylic acids is 2. The van der Waals surface area contributed by atoms with Crippen LogP contribution in [0.2, 0.25) is 5.02 Å². The molecule has 3 rings (SSSR count). The number of likely N-dealkylation sites (tertiary alicyclic amines) is 1. The van der Waals surface area contributed by atoms with Crippen molar-refractivity contribution in [1.82, 2.24) is 10.2 Å². The average molecular weight is 529 g/mol. The van der Waals surface area contributed by atoms with Gasteiger partial charge in [-0.15, -0.1) is 0 Å². The Kier molecular flexibility index (Phi) is 8.64. The molecule has 2 amide bonds. The third kappa shape index (κ3) is 7.01. The number of amidine groups is 1. The van der Waals surface area contributed by atoms with Crippen LogP contribution in [0.1, 0.15) is 29.2 Å². The summed E-state index contributed by atoms with van der Waals surface area (Å²) in [5.74, 6) is -1.23. The first kappa shape index (κ1) is 27.1. The first-order chi connectivity index (χ1) is 17.0. The molecule has 0 aliphatic carbocycles. The molecule has 36 heavy (non-hydrogen) atoms. The van der Waals surface area contributed by atoms with E-state index in [1.807, 2.05) is 0 Å². The number of nitrogens with zero attached hydrogens (tertiary/aromatic N) is 2. The molecule has 194 valence electrons. The number of alkyl halides is 3. The molecule has 2 atom stereocenters. The molecule has 0 saturated carbocycles. The summed E-state index contributed by atoms with van der Waals surface area (Å²) in [5.41, 5.74) is 7.11. The van der Waals surface area contributed by atoms with Crippen LogP contribution >= 0.6 is 11.6 Å². The molecule has 0 unspecified atom stereocenters. The van der Waals surface area contributed by atoms with Gasteiger partial charge in [0, 0.05) is 23.7 Å². The number of benzene rings is 2. The van der Waals surface area contributed by atoms with Gasteiger partial charge in [0.1, 0.15) is 18.9 Å². The lowest BCUT2D eigenvalue weighted by molar-refractivity contribution is -0.154. The maximum absolute atomic E-state index is 12.8. The van der Waals surface area contributed by atoms with Crippen molar-refractivity contribution in [3.63, 3.8) is 0 Å². The molecule has 1 saturated heterocycles. The summed E-state index contributed by atoms with van der Waals surface area (Å²) < 4.78 is 42.0. The second kappa shape index (κ2) is 11.5. The summed E-state index contributed by atoms with van der Waals surface area (Å²) >= 11 is 5.92. The second-order valence-corrected chi connectivity index (χ2v) is 8.37. The van der Waals surface area contributed by atoms with E-state index in [4.69, 9.17) is 17.3 Å². The number of hydrogen-bond donors (Lipinski definition) is 3. The van der Waals surface area contributed by atoms with Crippen LogP contribution in [0.5, 0.6) is 5.75 Å². The molecule has 0 bridgehead atoms. The van der Waals surface area contributed by atoms with Crippen LogP contribution in [0.25, 0.3) is 0 Å². The number of aliphatic hydroxyl groups excluding tert-OH is 1. The van der Waals surface area contributed by atoms with E-state index in [-0.39, 0.29) is 35.3 Å². The zero-order valence-corrected chi connectivity index (χ0v) is 19.8. The molecule has 13 heteroatoms. The van der Waals surface area contributed by atoms with Gasteiger partial charge in [-0.2, -0.15) is 13.2 Å². The highest BCUT2D eigenvalue weighted by atomic mass is 35.5. The predicted molar refractivity (Wildman–Crippen MR) is 124 cm³/mol. The number of amides is 2. The molecule has 0 radical (unpaired) electrons. The lowest BCUT2D eigenvalue weighted by atomic mass is 9.98. The Hall–Kier alpha value is -3.51. The number of aliphatic hydroxyl groups is 1. The fourth-order valence-corrected chi connectivity index (χ4v) is 3.70. The zero-order valence-electron chi connectivity index (χ0n) is 19.1. The Morgan fingerprint density at radius 1 is 1.28 bits per heavy atom. The Balaban J connectivity index is 1.59. The number of rotatable bonds is 9. The van der Waals surface area contributed by atoms with Crippen molar-refractivity contribution >= 4 is 29.3 Å². The minimum Gasteiger partial charge on any atom is -0.484 e. The standard InChI is InChI=1S/C23H24ClF3N4O5/c1-35-30-20(28)14-4-2-13(3-5-14)11-29-21(33)18-6-7-31(18)22(34)19(32)15-8-16(24)10-17(9-15)36-12-23(25,26)27/h2-5,8-10,18-19,32H,6-7,11-12H2,1H3,(H2,28,30)(H,29,33)/t18-,19+/m0/s1. The van der Waals surface area contributed by atoms with Gasteiger partial charge < -0.3 is 30.6 Å². The van der Waals surface area contributed by atoms with E-state index in [9.17, 15) is 27.9 Å². The monoisotopic (exact) mass is 528 g/mol. The van der Waals surface area contributed by atoms with Gasteiger partial charge in [-0.3, -0.25) is 9.59 Å². The summed E-state index contributed by atoms with van der Waals surface area (Å²) in [6.45, 7) is -1.13. The van der Waals surface area contributed by atoms with E-state index in [2.05, 4.69) is 20.0 Å². The highest BCUT2D eigenvalue weighted by Gasteiger charge is 2.40. The van der Waals surface area contributed by atoms with Gasteiger partial charge in [0.15, 0.2) is 18.5 Å². The average Bonchev–Trinajstić information content (AvgIpc) is 2.80. The highest BCUT2D eigenvalue weighted by Crippen LogP contribution is 2.30. The summed E-state index contributed by atoms with van der Waals surface area (Å²) in [6.07, 6.45) is -5.91. The van der Waals surface area contributed by atoms with E-state index >= 15 is 0 Å². The second-order valence-electron chi connectivity index (χ2n) is 7.94. The van der Waals surface area contributed by atoms with E-state index in [1.165, 1.54) is 18.1 Å². The van der Waals surface area contributed by atoms with E-state index in [1.54, 1.807) is 24.3 Å². The minimum absolute atomic E-state index is 0.0179. The quantitative estimate of drug-likeness (QED) is 0.261. The van der Waals surface area contributed by atoms with E-state index in [0.717, 1.165) is 17.7 Å². The van der Waals surface area contributed by atoms with Gasteiger partial charge in [-0.1, -0.05) is 41.0 Å². The number of ether oxygens (including phenoxy) is 1. The van der Waals surface area contributed by atoms with Crippen LogP contribution in [0.4, 0.5) is 13.2 Å². The van der Waals surface area contributed by atoms with Crippen LogP contribution in [0.3, 0.4) is 0 Å². The van der Waals surface area contributed by atoms with Gasteiger partial charge in [0.05, 0.1) is 0 Å². The number of halogens is 4. The number of oxime groups is 1. The molecule has 0 aromatic heterocycles. The zero-order chi connectivity index (χ0) is 26.5. The molecule has 2 aromatic rings. The lowest BCUT2D eigenvalue weighted by Crippen LogP contribution is -2.59. The van der Waals surface area contributed by atoms with E-state index in [0.29, 0.717) is 12.0 Å². The Bertz CT molecular complexity index is 1130. The molecule has 1 aliphatic rings. The SMILES string of the molecule is CO/N=C(\N)c1ccc(CNC(=O)[C@@H]2CCN2C(=O)[C@H](O)c2cc(Cl)cc(OCC(F)(F)F)c2)cc1. The number of nitrogens with two attached hydrogens (primary N) is 1. The normalized spacial score (nSPS) is 16.7. The molecular weight excluding hydrogens is 505 g/mol. The predicted octanol–water partition coefficient (Wildman–Crippen LogP) is 2.50. The Morgan fingerprint density at radius 2 is 1.97 bits per heavy atom.